The number of aliphatic carboxylic acids is 1. The summed E-state index contributed by atoms with van der Waals surface area (Å²) >= 11 is 0. The Morgan fingerprint density at radius 3 is 2.59 bits per heavy atom. The molecule has 0 aromatic carbocycles. The standard InChI is InChI=1S/C11H17NO5/c13-9(14)6-11(2-1-3-11)12-10(15)8-7-16-4-5-17-8/h8H,1-7H2,(H,12,15)(H,13,14). The van der Waals surface area contributed by atoms with Crippen molar-refractivity contribution in [1.29, 1.82) is 0 Å². The number of hydrogen-bond acceptors (Lipinski definition) is 4. The lowest BCUT2D eigenvalue weighted by Crippen LogP contribution is -2.58. The zero-order chi connectivity index (χ0) is 12.3. The van der Waals surface area contributed by atoms with Gasteiger partial charge in [-0.15, -0.1) is 0 Å². The molecule has 1 heterocycles. The summed E-state index contributed by atoms with van der Waals surface area (Å²) in [5.41, 5.74) is -0.566. The van der Waals surface area contributed by atoms with Crippen LogP contribution in [0.2, 0.25) is 0 Å². The molecule has 2 rings (SSSR count). The van der Waals surface area contributed by atoms with Gasteiger partial charge in [-0.05, 0) is 19.3 Å². The van der Waals surface area contributed by atoms with E-state index in [0.29, 0.717) is 13.2 Å². The average Bonchev–Trinajstić information content (AvgIpc) is 2.26. The van der Waals surface area contributed by atoms with Gasteiger partial charge in [0.1, 0.15) is 0 Å². The summed E-state index contributed by atoms with van der Waals surface area (Å²) in [6.07, 6.45) is 1.77. The molecule has 0 aromatic heterocycles. The van der Waals surface area contributed by atoms with Gasteiger partial charge in [-0.1, -0.05) is 0 Å². The number of amides is 1. The Hall–Kier alpha value is -1.14. The van der Waals surface area contributed by atoms with Gasteiger partial charge in [0.05, 0.1) is 31.8 Å². The quantitative estimate of drug-likeness (QED) is 0.721. The van der Waals surface area contributed by atoms with Crippen LogP contribution in [-0.4, -0.2) is 48.4 Å². The maximum atomic E-state index is 11.9. The summed E-state index contributed by atoms with van der Waals surface area (Å²) < 4.78 is 10.4. The van der Waals surface area contributed by atoms with Crippen LogP contribution < -0.4 is 5.32 Å². The van der Waals surface area contributed by atoms with E-state index >= 15 is 0 Å². The Morgan fingerprint density at radius 2 is 2.12 bits per heavy atom. The third kappa shape index (κ3) is 2.95. The van der Waals surface area contributed by atoms with Crippen LogP contribution in [0.5, 0.6) is 0 Å². The van der Waals surface area contributed by atoms with Crippen LogP contribution in [0.25, 0.3) is 0 Å². The first kappa shape index (κ1) is 12.3. The van der Waals surface area contributed by atoms with Crippen LogP contribution in [0.4, 0.5) is 0 Å². The molecule has 1 aliphatic heterocycles. The Morgan fingerprint density at radius 1 is 1.35 bits per heavy atom. The smallest absolute Gasteiger partial charge is 0.305 e. The summed E-state index contributed by atoms with van der Waals surface area (Å²) in [5.74, 6) is -1.14. The molecular formula is C11H17NO5. The molecule has 17 heavy (non-hydrogen) atoms. The van der Waals surface area contributed by atoms with E-state index < -0.39 is 17.6 Å². The van der Waals surface area contributed by atoms with E-state index in [0.717, 1.165) is 19.3 Å². The molecular weight excluding hydrogens is 226 g/mol. The maximum Gasteiger partial charge on any atom is 0.305 e. The fraction of sp³-hybridized carbons (Fsp3) is 0.818. The largest absolute Gasteiger partial charge is 0.481 e. The first-order chi connectivity index (χ1) is 8.11. The molecule has 2 N–H and O–H groups in total. The molecule has 2 fully saturated rings. The Labute approximate surface area is 99.3 Å². The Bertz CT molecular complexity index is 307. The minimum Gasteiger partial charge on any atom is -0.481 e. The summed E-state index contributed by atoms with van der Waals surface area (Å²) in [5, 5.41) is 11.6. The molecule has 0 bridgehead atoms. The van der Waals surface area contributed by atoms with E-state index in [1.54, 1.807) is 0 Å². The van der Waals surface area contributed by atoms with Crippen molar-refractivity contribution in [1.82, 2.24) is 5.32 Å². The molecule has 1 atom stereocenters. The lowest BCUT2D eigenvalue weighted by Gasteiger charge is -2.42. The molecule has 1 saturated carbocycles. The van der Waals surface area contributed by atoms with Crippen LogP contribution in [0, 0.1) is 0 Å². The number of rotatable bonds is 4. The highest BCUT2D eigenvalue weighted by atomic mass is 16.6. The molecule has 96 valence electrons. The molecule has 0 spiro atoms. The molecule has 0 radical (unpaired) electrons. The molecule has 1 saturated heterocycles. The SMILES string of the molecule is O=C(O)CC1(NC(=O)C2COCCO2)CCC1. The van der Waals surface area contributed by atoms with Crippen molar-refractivity contribution in [2.75, 3.05) is 19.8 Å². The highest BCUT2D eigenvalue weighted by molar-refractivity contribution is 5.82. The van der Waals surface area contributed by atoms with Crippen molar-refractivity contribution in [3.63, 3.8) is 0 Å². The Kier molecular flexibility index (Phi) is 3.63. The first-order valence-electron chi connectivity index (χ1n) is 5.84. The van der Waals surface area contributed by atoms with Crippen molar-refractivity contribution >= 4 is 11.9 Å². The van der Waals surface area contributed by atoms with Crippen LogP contribution in [0.15, 0.2) is 0 Å². The van der Waals surface area contributed by atoms with Gasteiger partial charge in [0.2, 0.25) is 0 Å². The van der Waals surface area contributed by atoms with Gasteiger partial charge in [-0.3, -0.25) is 9.59 Å². The summed E-state index contributed by atoms with van der Waals surface area (Å²) in [6, 6.07) is 0. The second-order valence-corrected chi connectivity index (χ2v) is 4.63. The highest BCUT2D eigenvalue weighted by Gasteiger charge is 2.41. The third-order valence-corrected chi connectivity index (χ3v) is 3.30. The Balaban J connectivity index is 1.89. The van der Waals surface area contributed by atoms with Crippen LogP contribution in [-0.2, 0) is 19.1 Å². The highest BCUT2D eigenvalue weighted by Crippen LogP contribution is 2.35. The minimum absolute atomic E-state index is 0.0215. The predicted molar refractivity (Wildman–Crippen MR) is 57.5 cm³/mol. The average molecular weight is 243 g/mol. The molecule has 6 nitrogen and oxygen atoms in total. The van der Waals surface area contributed by atoms with Gasteiger partial charge in [0.15, 0.2) is 6.10 Å². The lowest BCUT2D eigenvalue weighted by molar-refractivity contribution is -0.151. The van der Waals surface area contributed by atoms with Crippen molar-refractivity contribution in [3.8, 4) is 0 Å². The van der Waals surface area contributed by atoms with Gasteiger partial charge >= 0.3 is 5.97 Å². The molecule has 0 aromatic rings. The van der Waals surface area contributed by atoms with Crippen LogP contribution >= 0.6 is 0 Å². The summed E-state index contributed by atoms with van der Waals surface area (Å²) in [7, 11) is 0. The van der Waals surface area contributed by atoms with Gasteiger partial charge in [0.25, 0.3) is 5.91 Å². The van der Waals surface area contributed by atoms with E-state index in [1.807, 2.05) is 0 Å². The molecule has 1 unspecified atom stereocenters. The molecule has 1 amide bonds. The van der Waals surface area contributed by atoms with Gasteiger partial charge in [-0.25, -0.2) is 0 Å². The molecule has 6 heteroatoms. The predicted octanol–water partition coefficient (Wildman–Crippen LogP) is -0.0846. The fourth-order valence-electron chi connectivity index (χ4n) is 2.22. The number of carbonyl (C=O) groups excluding carboxylic acids is 1. The second kappa shape index (κ2) is 5.01. The maximum absolute atomic E-state index is 11.9. The number of carboxylic acids is 1. The number of nitrogens with one attached hydrogen (secondary N) is 1. The van der Waals surface area contributed by atoms with Crippen molar-refractivity contribution < 1.29 is 24.2 Å². The van der Waals surface area contributed by atoms with E-state index in [2.05, 4.69) is 5.32 Å². The minimum atomic E-state index is -0.884. The molecule has 2 aliphatic rings. The van der Waals surface area contributed by atoms with Crippen molar-refractivity contribution in [2.24, 2.45) is 0 Å². The van der Waals surface area contributed by atoms with Crippen LogP contribution in [0.1, 0.15) is 25.7 Å². The van der Waals surface area contributed by atoms with E-state index in [1.165, 1.54) is 0 Å². The summed E-state index contributed by atoms with van der Waals surface area (Å²) in [6.45, 7) is 1.16. The van der Waals surface area contributed by atoms with Crippen LogP contribution in [0.3, 0.4) is 0 Å². The zero-order valence-corrected chi connectivity index (χ0v) is 9.61. The second-order valence-electron chi connectivity index (χ2n) is 4.63. The first-order valence-corrected chi connectivity index (χ1v) is 5.84. The fourth-order valence-corrected chi connectivity index (χ4v) is 2.22. The monoisotopic (exact) mass is 243 g/mol. The van der Waals surface area contributed by atoms with E-state index in [-0.39, 0.29) is 18.9 Å². The summed E-state index contributed by atoms with van der Waals surface area (Å²) in [4.78, 5) is 22.6. The van der Waals surface area contributed by atoms with Gasteiger partial charge in [0, 0.05) is 0 Å². The van der Waals surface area contributed by atoms with Gasteiger partial charge < -0.3 is 19.9 Å². The van der Waals surface area contributed by atoms with Crippen molar-refractivity contribution in [2.45, 2.75) is 37.3 Å². The van der Waals surface area contributed by atoms with Gasteiger partial charge in [-0.2, -0.15) is 0 Å². The number of carbonyl (C=O) groups is 2. The lowest BCUT2D eigenvalue weighted by atomic mass is 9.74. The number of hydrogen-bond donors (Lipinski definition) is 2. The van der Waals surface area contributed by atoms with Crippen molar-refractivity contribution in [3.05, 3.63) is 0 Å². The number of ether oxygens (including phenoxy) is 2. The van der Waals surface area contributed by atoms with E-state index in [9.17, 15) is 9.59 Å². The normalized spacial score (nSPS) is 26.9. The molecule has 1 aliphatic carbocycles. The topological polar surface area (TPSA) is 84.9 Å². The third-order valence-electron chi connectivity index (χ3n) is 3.30. The van der Waals surface area contributed by atoms with E-state index in [4.69, 9.17) is 14.6 Å². The number of carboxylic acid groups (broad SMARTS) is 1. The zero-order valence-electron chi connectivity index (χ0n) is 9.61.